The zero-order chi connectivity index (χ0) is 13.0. The average Bonchev–Trinajstić information content (AvgIpc) is 2.82. The highest BCUT2D eigenvalue weighted by Crippen LogP contribution is 2.21. The van der Waals surface area contributed by atoms with Gasteiger partial charge in [-0.2, -0.15) is 0 Å². The molecule has 0 aromatic carbocycles. The van der Waals surface area contributed by atoms with E-state index in [1.165, 1.54) is 0 Å². The minimum Gasteiger partial charge on any atom is -0.373 e. The third-order valence-electron chi connectivity index (χ3n) is 2.33. The predicted molar refractivity (Wildman–Crippen MR) is 77.0 cm³/mol. The molecule has 2 N–H and O–H groups in total. The molecule has 2 rings (SSSR count). The molecular formula is C12H12BrN3OS. The Bertz CT molecular complexity index is 556. The number of carbonyl (C=O) groups is 1. The second kappa shape index (κ2) is 5.97. The van der Waals surface area contributed by atoms with E-state index in [0.717, 1.165) is 8.66 Å². The van der Waals surface area contributed by atoms with E-state index in [-0.39, 0.29) is 5.91 Å². The van der Waals surface area contributed by atoms with Crippen molar-refractivity contribution in [1.29, 1.82) is 0 Å². The molecule has 0 spiro atoms. The number of halogens is 1. The third kappa shape index (κ3) is 3.30. The van der Waals surface area contributed by atoms with Gasteiger partial charge in [0, 0.05) is 23.7 Å². The molecule has 2 heterocycles. The van der Waals surface area contributed by atoms with Crippen LogP contribution >= 0.6 is 27.3 Å². The fraction of sp³-hybridized carbons (Fsp3) is 0.167. The summed E-state index contributed by atoms with van der Waals surface area (Å²) in [6.07, 6.45) is 1.61. The molecule has 94 valence electrons. The molecule has 4 nitrogen and oxygen atoms in total. The van der Waals surface area contributed by atoms with E-state index in [2.05, 4.69) is 31.5 Å². The molecule has 18 heavy (non-hydrogen) atoms. The first kappa shape index (κ1) is 13.0. The van der Waals surface area contributed by atoms with E-state index >= 15 is 0 Å². The van der Waals surface area contributed by atoms with E-state index in [0.29, 0.717) is 17.9 Å². The summed E-state index contributed by atoms with van der Waals surface area (Å²) >= 11 is 5.00. The van der Waals surface area contributed by atoms with Gasteiger partial charge in [-0.15, -0.1) is 11.3 Å². The van der Waals surface area contributed by atoms with Crippen molar-refractivity contribution >= 4 is 39.0 Å². The quantitative estimate of drug-likeness (QED) is 0.908. The number of aromatic nitrogens is 1. The molecule has 0 aliphatic carbocycles. The van der Waals surface area contributed by atoms with E-state index in [9.17, 15) is 4.79 Å². The number of anilines is 1. The number of rotatable bonds is 4. The van der Waals surface area contributed by atoms with Gasteiger partial charge in [-0.25, -0.2) is 4.98 Å². The van der Waals surface area contributed by atoms with Gasteiger partial charge < -0.3 is 10.6 Å². The fourth-order valence-electron chi connectivity index (χ4n) is 1.42. The van der Waals surface area contributed by atoms with Crippen molar-refractivity contribution in [2.75, 3.05) is 12.4 Å². The summed E-state index contributed by atoms with van der Waals surface area (Å²) in [7, 11) is 1.77. The number of nitrogens with zero attached hydrogens (tertiary/aromatic N) is 1. The van der Waals surface area contributed by atoms with Crippen LogP contribution in [0.2, 0.25) is 0 Å². The van der Waals surface area contributed by atoms with E-state index in [1.807, 2.05) is 12.1 Å². The van der Waals surface area contributed by atoms with E-state index in [4.69, 9.17) is 0 Å². The lowest BCUT2D eigenvalue weighted by molar-refractivity contribution is 0.0951. The number of pyridine rings is 1. The number of hydrogen-bond donors (Lipinski definition) is 2. The van der Waals surface area contributed by atoms with Crippen LogP contribution in [-0.2, 0) is 6.54 Å². The molecule has 0 aliphatic heterocycles. The molecule has 0 fully saturated rings. The third-order valence-corrected chi connectivity index (χ3v) is 3.95. The number of amides is 1. The molecular weight excluding hydrogens is 314 g/mol. The van der Waals surface area contributed by atoms with Crippen LogP contribution in [0.4, 0.5) is 5.82 Å². The summed E-state index contributed by atoms with van der Waals surface area (Å²) in [5.41, 5.74) is 0.602. The van der Waals surface area contributed by atoms with Gasteiger partial charge >= 0.3 is 0 Å². The SMILES string of the molecule is CNc1cc(C(=O)NCc2ccc(Br)s2)ccn1. The van der Waals surface area contributed by atoms with Gasteiger partial charge in [0.2, 0.25) is 0 Å². The summed E-state index contributed by atoms with van der Waals surface area (Å²) < 4.78 is 1.06. The van der Waals surface area contributed by atoms with Crippen molar-refractivity contribution in [1.82, 2.24) is 10.3 Å². The minimum atomic E-state index is -0.0987. The topological polar surface area (TPSA) is 54.0 Å². The second-order valence-electron chi connectivity index (χ2n) is 3.57. The van der Waals surface area contributed by atoms with Crippen LogP contribution in [0.25, 0.3) is 0 Å². The van der Waals surface area contributed by atoms with Crippen LogP contribution in [0.5, 0.6) is 0 Å². The Hall–Kier alpha value is -1.40. The lowest BCUT2D eigenvalue weighted by Crippen LogP contribution is -2.22. The Morgan fingerprint density at radius 2 is 2.28 bits per heavy atom. The van der Waals surface area contributed by atoms with Crippen LogP contribution in [0.1, 0.15) is 15.2 Å². The standard InChI is InChI=1S/C12H12BrN3OS/c1-14-11-6-8(4-5-15-11)12(17)16-7-9-2-3-10(13)18-9/h2-6H,7H2,1H3,(H,14,15)(H,16,17). The first-order valence-electron chi connectivity index (χ1n) is 5.35. The molecule has 0 atom stereocenters. The maximum Gasteiger partial charge on any atom is 0.251 e. The van der Waals surface area contributed by atoms with E-state index < -0.39 is 0 Å². The zero-order valence-corrected chi connectivity index (χ0v) is 12.1. The molecule has 0 aliphatic rings. The maximum absolute atomic E-state index is 11.9. The Labute approximate surface area is 118 Å². The largest absolute Gasteiger partial charge is 0.373 e. The van der Waals surface area contributed by atoms with Crippen molar-refractivity contribution in [3.8, 4) is 0 Å². The maximum atomic E-state index is 11.9. The normalized spacial score (nSPS) is 10.1. The highest BCUT2D eigenvalue weighted by Gasteiger charge is 2.07. The van der Waals surface area contributed by atoms with E-state index in [1.54, 1.807) is 36.7 Å². The molecule has 2 aromatic rings. The molecule has 0 saturated carbocycles. The minimum absolute atomic E-state index is 0.0987. The molecule has 0 bridgehead atoms. The van der Waals surface area contributed by atoms with Crippen molar-refractivity contribution in [2.45, 2.75) is 6.54 Å². The molecule has 0 saturated heterocycles. The Morgan fingerprint density at radius 3 is 2.94 bits per heavy atom. The van der Waals surface area contributed by atoms with Crippen LogP contribution in [-0.4, -0.2) is 17.9 Å². The average molecular weight is 326 g/mol. The number of nitrogens with one attached hydrogen (secondary N) is 2. The van der Waals surface area contributed by atoms with Crippen molar-refractivity contribution < 1.29 is 4.79 Å². The lowest BCUT2D eigenvalue weighted by Gasteiger charge is -2.05. The summed E-state index contributed by atoms with van der Waals surface area (Å²) in [5.74, 6) is 0.583. The van der Waals surface area contributed by atoms with Gasteiger partial charge in [0.25, 0.3) is 5.91 Å². The monoisotopic (exact) mass is 325 g/mol. The summed E-state index contributed by atoms with van der Waals surface area (Å²) in [4.78, 5) is 17.1. The summed E-state index contributed by atoms with van der Waals surface area (Å²) in [5, 5.41) is 5.78. The van der Waals surface area contributed by atoms with Crippen LogP contribution < -0.4 is 10.6 Å². The van der Waals surface area contributed by atoms with Crippen LogP contribution in [0.3, 0.4) is 0 Å². The number of hydrogen-bond acceptors (Lipinski definition) is 4. The van der Waals surface area contributed by atoms with Crippen molar-refractivity contribution in [3.05, 3.63) is 44.7 Å². The summed E-state index contributed by atoms with van der Waals surface area (Å²) in [6.45, 7) is 0.534. The van der Waals surface area contributed by atoms with Gasteiger partial charge in [0.1, 0.15) is 5.82 Å². The molecule has 0 unspecified atom stereocenters. The van der Waals surface area contributed by atoms with Crippen molar-refractivity contribution in [2.24, 2.45) is 0 Å². The molecule has 0 radical (unpaired) electrons. The Balaban J connectivity index is 1.99. The van der Waals surface area contributed by atoms with Crippen LogP contribution in [0, 0.1) is 0 Å². The Morgan fingerprint density at radius 1 is 1.44 bits per heavy atom. The second-order valence-corrected chi connectivity index (χ2v) is 6.12. The summed E-state index contributed by atoms with van der Waals surface area (Å²) in [6, 6.07) is 7.37. The van der Waals surface area contributed by atoms with Crippen LogP contribution in [0.15, 0.2) is 34.2 Å². The number of thiophene rings is 1. The molecule has 6 heteroatoms. The molecule has 2 aromatic heterocycles. The predicted octanol–water partition coefficient (Wildman–Crippen LogP) is 2.88. The molecule has 1 amide bonds. The first-order chi connectivity index (χ1) is 8.69. The van der Waals surface area contributed by atoms with Crippen molar-refractivity contribution in [3.63, 3.8) is 0 Å². The Kier molecular flexibility index (Phi) is 4.33. The van der Waals surface area contributed by atoms with Gasteiger partial charge in [-0.3, -0.25) is 4.79 Å². The first-order valence-corrected chi connectivity index (χ1v) is 6.96. The van der Waals surface area contributed by atoms with Gasteiger partial charge in [0.15, 0.2) is 0 Å². The zero-order valence-electron chi connectivity index (χ0n) is 9.74. The van der Waals surface area contributed by atoms with Gasteiger partial charge in [-0.05, 0) is 40.2 Å². The number of carbonyl (C=O) groups excluding carboxylic acids is 1. The smallest absolute Gasteiger partial charge is 0.251 e. The van der Waals surface area contributed by atoms with Gasteiger partial charge in [-0.1, -0.05) is 0 Å². The fourth-order valence-corrected chi connectivity index (χ4v) is 2.85. The lowest BCUT2D eigenvalue weighted by atomic mass is 10.2. The highest BCUT2D eigenvalue weighted by molar-refractivity contribution is 9.11. The highest BCUT2D eigenvalue weighted by atomic mass is 79.9. The van der Waals surface area contributed by atoms with Gasteiger partial charge in [0.05, 0.1) is 10.3 Å².